The minimum absolute atomic E-state index is 0.00796. The molecule has 0 spiro atoms. The largest absolute Gasteiger partial charge is 0.419 e. The van der Waals surface area contributed by atoms with Crippen LogP contribution >= 0.6 is 0 Å². The summed E-state index contributed by atoms with van der Waals surface area (Å²) >= 11 is 0. The third-order valence-electron chi connectivity index (χ3n) is 7.11. The molecule has 0 bridgehead atoms. The Morgan fingerprint density at radius 1 is 0.644 bits per heavy atom. The lowest BCUT2D eigenvalue weighted by molar-refractivity contribution is -0.140. The third kappa shape index (κ3) is 4.48. The van der Waals surface area contributed by atoms with Gasteiger partial charge in [-0.3, -0.25) is 0 Å². The van der Waals surface area contributed by atoms with E-state index in [1.54, 1.807) is 12.1 Å². The number of alkyl halides is 3. The Labute approximate surface area is 250 Å². The smallest absolute Gasteiger partial charge is 0.237 e. The number of hydrogen-bond acceptors (Lipinski definition) is 3. The summed E-state index contributed by atoms with van der Waals surface area (Å²) in [4.78, 5) is 9.97. The molecule has 212 valence electrons. The molecule has 3 aromatic carbocycles. The van der Waals surface area contributed by atoms with Gasteiger partial charge in [0.15, 0.2) is 11.6 Å². The molecule has 0 aromatic heterocycles. The minimum Gasteiger partial charge on any atom is -0.237 e. The summed E-state index contributed by atoms with van der Waals surface area (Å²) in [6, 6.07) is 12.5. The number of nitrogens with zero attached hydrogens (tertiary/aromatic N) is 6. The first-order valence-electron chi connectivity index (χ1n) is 12.3. The summed E-state index contributed by atoms with van der Waals surface area (Å²) in [5, 5.41) is 29.8. The number of hydrogen-bond donors (Lipinski definition) is 0. The highest BCUT2D eigenvalue weighted by Crippen LogP contribution is 2.55. The van der Waals surface area contributed by atoms with Crippen LogP contribution in [0.2, 0.25) is 0 Å². The van der Waals surface area contributed by atoms with Crippen molar-refractivity contribution in [3.63, 3.8) is 0 Å². The lowest BCUT2D eigenvalue weighted by Gasteiger charge is -2.13. The maximum Gasteiger partial charge on any atom is 0.419 e. The second kappa shape index (κ2) is 10.8. The average Bonchev–Trinajstić information content (AvgIpc) is 3.50. The average molecular weight is 602 g/mol. The molecule has 2 aliphatic carbocycles. The fourth-order valence-corrected chi connectivity index (χ4v) is 5.32. The van der Waals surface area contributed by atoms with E-state index in [0.29, 0.717) is 12.1 Å². The van der Waals surface area contributed by atoms with E-state index in [1.165, 1.54) is 12.1 Å². The van der Waals surface area contributed by atoms with Crippen molar-refractivity contribution in [2.45, 2.75) is 6.18 Å². The molecule has 3 aromatic rings. The van der Waals surface area contributed by atoms with Crippen molar-refractivity contribution in [2.24, 2.45) is 0 Å². The molecule has 2 aliphatic rings. The molecule has 0 amide bonds. The van der Waals surface area contributed by atoms with Gasteiger partial charge in [-0.25, -0.2) is 38.2 Å². The van der Waals surface area contributed by atoms with E-state index in [9.17, 15) is 42.1 Å². The van der Waals surface area contributed by atoms with Gasteiger partial charge in [0, 0.05) is 5.57 Å². The molecule has 0 atom stereocenters. The van der Waals surface area contributed by atoms with Gasteiger partial charge in [0.2, 0.25) is 5.70 Å². The van der Waals surface area contributed by atoms with Crippen molar-refractivity contribution in [3.8, 4) is 18.2 Å². The Morgan fingerprint density at radius 2 is 1.18 bits per heavy atom. The van der Waals surface area contributed by atoms with Gasteiger partial charge in [-0.1, -0.05) is 18.2 Å². The molecule has 0 radical (unpaired) electrons. The highest BCUT2D eigenvalue weighted by atomic mass is 19.4. The van der Waals surface area contributed by atoms with E-state index in [2.05, 4.69) is 14.5 Å². The topological polar surface area (TPSA) is 84.4 Å². The normalized spacial score (nSPS) is 15.6. The number of benzene rings is 3. The van der Waals surface area contributed by atoms with E-state index in [4.69, 9.17) is 19.7 Å². The molecular formula is C33H8F6N6. The molecule has 5 rings (SSSR count). The summed E-state index contributed by atoms with van der Waals surface area (Å²) in [5.74, 6) is -4.13. The predicted octanol–water partition coefficient (Wildman–Crippen LogP) is 8.68. The van der Waals surface area contributed by atoms with Crippen LogP contribution in [0.25, 0.3) is 48.1 Å². The van der Waals surface area contributed by atoms with Crippen LogP contribution in [0.5, 0.6) is 0 Å². The number of rotatable bonds is 2. The van der Waals surface area contributed by atoms with Crippen LogP contribution in [0.4, 0.5) is 26.3 Å². The van der Waals surface area contributed by atoms with Crippen LogP contribution in [0.3, 0.4) is 0 Å². The second-order valence-corrected chi connectivity index (χ2v) is 9.36. The van der Waals surface area contributed by atoms with Crippen LogP contribution in [0, 0.1) is 71.2 Å². The fraction of sp³-hybridized carbons (Fsp3) is 0.0303. The first-order chi connectivity index (χ1) is 21.4. The third-order valence-corrected chi connectivity index (χ3v) is 7.11. The molecule has 0 fully saturated rings. The van der Waals surface area contributed by atoms with Gasteiger partial charge in [-0.05, 0) is 80.4 Å². The molecule has 6 nitrogen and oxygen atoms in total. The zero-order valence-corrected chi connectivity index (χ0v) is 22.1. The fourth-order valence-electron chi connectivity index (χ4n) is 5.32. The minimum atomic E-state index is -5.03. The second-order valence-electron chi connectivity index (χ2n) is 9.36. The zero-order valence-electron chi connectivity index (χ0n) is 22.1. The molecular weight excluding hydrogens is 594 g/mol. The van der Waals surface area contributed by atoms with Crippen molar-refractivity contribution >= 4 is 33.6 Å². The van der Waals surface area contributed by atoms with E-state index in [1.807, 2.05) is 6.07 Å². The van der Waals surface area contributed by atoms with Gasteiger partial charge in [0.25, 0.3) is 11.4 Å². The van der Waals surface area contributed by atoms with Gasteiger partial charge in [-0.2, -0.15) is 18.4 Å². The lowest BCUT2D eigenvalue weighted by Crippen LogP contribution is -2.08. The Morgan fingerprint density at radius 3 is 1.69 bits per heavy atom. The number of allylic oxidation sites excluding steroid dienone is 7. The highest BCUT2D eigenvalue weighted by molar-refractivity contribution is 6.29. The molecule has 0 N–H and O–H groups in total. The first-order valence-corrected chi connectivity index (χ1v) is 12.3. The molecule has 0 saturated carbocycles. The highest BCUT2D eigenvalue weighted by Gasteiger charge is 2.38. The van der Waals surface area contributed by atoms with Crippen molar-refractivity contribution in [1.82, 2.24) is 0 Å². The molecule has 45 heavy (non-hydrogen) atoms. The van der Waals surface area contributed by atoms with Crippen LogP contribution in [-0.2, 0) is 6.18 Å². The molecule has 0 saturated heterocycles. The van der Waals surface area contributed by atoms with E-state index >= 15 is 0 Å². The predicted molar refractivity (Wildman–Crippen MR) is 148 cm³/mol. The van der Waals surface area contributed by atoms with Crippen molar-refractivity contribution < 1.29 is 26.3 Å². The zero-order chi connectivity index (χ0) is 32.8. The summed E-state index contributed by atoms with van der Waals surface area (Å²) in [5.41, 5.74) is -4.02. The van der Waals surface area contributed by atoms with Crippen molar-refractivity contribution in [3.05, 3.63) is 151 Å². The van der Waals surface area contributed by atoms with Gasteiger partial charge in [0.05, 0.1) is 43.0 Å². The maximum atomic E-state index is 14.7. The monoisotopic (exact) mass is 602 g/mol. The van der Waals surface area contributed by atoms with Gasteiger partial charge < -0.3 is 0 Å². The van der Waals surface area contributed by atoms with Gasteiger partial charge in [-0.15, -0.1) is 0 Å². The number of halogens is 6. The summed E-state index contributed by atoms with van der Waals surface area (Å²) in [6.07, 6.45) is -5.03. The Hall–Kier alpha value is -6.86. The molecule has 0 unspecified atom stereocenters. The summed E-state index contributed by atoms with van der Waals surface area (Å²) < 4.78 is 82.6. The quantitative estimate of drug-likeness (QED) is 0.167. The van der Waals surface area contributed by atoms with E-state index in [-0.39, 0.29) is 66.9 Å². The van der Waals surface area contributed by atoms with Crippen LogP contribution < -0.4 is 0 Å². The van der Waals surface area contributed by atoms with E-state index in [0.717, 1.165) is 24.3 Å². The lowest BCUT2D eigenvalue weighted by atomic mass is 9.91. The Kier molecular flexibility index (Phi) is 7.08. The maximum absolute atomic E-state index is 14.7. The van der Waals surface area contributed by atoms with Crippen molar-refractivity contribution in [1.29, 1.82) is 15.8 Å². The Bertz CT molecular complexity index is 2260. The molecule has 12 heteroatoms. The molecule has 0 heterocycles. The molecule has 0 aliphatic heterocycles. The Balaban J connectivity index is 1.90. The number of nitriles is 3. The summed E-state index contributed by atoms with van der Waals surface area (Å²) in [6.45, 7) is 23.0. The van der Waals surface area contributed by atoms with Crippen LogP contribution in [-0.4, -0.2) is 0 Å². The number of fused-ring (bicyclic) bond motifs is 2. The van der Waals surface area contributed by atoms with Crippen molar-refractivity contribution in [2.75, 3.05) is 0 Å². The van der Waals surface area contributed by atoms with E-state index < -0.39 is 40.6 Å². The first kappa shape index (κ1) is 29.6. The standard InChI is InChI=1S/C33H8F6N6/c1-43-26(13-41)30-18-11-20-19(10-17(18)21(12-40)28(30)15-4-6-22(24(35)8-15)33(37,38)39)31(27(14-42)44-2)29(32(20)45-3)16-5-7-23(34)25(36)9-16/h4-11H/b30-26+,31-27-. The SMILES string of the molecule is [C-]#[N+]C1=C(c2ccc(F)c(F)c2)/C(=C(/C#N)[N+]#[C-])c2cc3c(cc21)/C(=C(/C#N)[N+]#[C-])C(c1ccc(C(F)(F)F)c(F)c1)=C3C#N. The van der Waals surface area contributed by atoms with Gasteiger partial charge >= 0.3 is 6.18 Å². The summed E-state index contributed by atoms with van der Waals surface area (Å²) in [7, 11) is 0. The van der Waals surface area contributed by atoms with Crippen LogP contribution in [0.1, 0.15) is 38.9 Å². The van der Waals surface area contributed by atoms with Crippen LogP contribution in [0.15, 0.2) is 59.9 Å². The van der Waals surface area contributed by atoms with Gasteiger partial charge in [0.1, 0.15) is 11.9 Å².